The van der Waals surface area contributed by atoms with E-state index in [1.807, 2.05) is 17.5 Å². The Hall–Kier alpha value is -3.54. The Kier molecular flexibility index (Phi) is 8.34. The smallest absolute Gasteiger partial charge is 0.338 e. The molecule has 206 valence electrons. The van der Waals surface area contributed by atoms with Crippen LogP contribution in [0.3, 0.4) is 0 Å². The van der Waals surface area contributed by atoms with E-state index < -0.39 is 12.0 Å². The van der Waals surface area contributed by atoms with Crippen molar-refractivity contribution in [3.05, 3.63) is 111 Å². The van der Waals surface area contributed by atoms with E-state index >= 15 is 0 Å². The van der Waals surface area contributed by atoms with Gasteiger partial charge in [-0.3, -0.25) is 9.36 Å². The number of carbonyl (C=O) groups is 1. The van der Waals surface area contributed by atoms with Crippen LogP contribution in [0.15, 0.2) is 79.4 Å². The zero-order valence-electron chi connectivity index (χ0n) is 21.8. The van der Waals surface area contributed by atoms with Crippen molar-refractivity contribution in [1.29, 1.82) is 0 Å². The molecule has 0 spiro atoms. The van der Waals surface area contributed by atoms with Crippen molar-refractivity contribution < 1.29 is 23.4 Å². The molecule has 1 aliphatic heterocycles. The zero-order chi connectivity index (χ0) is 28.4. The number of hydrogen-bond donors (Lipinski definition) is 0. The van der Waals surface area contributed by atoms with Gasteiger partial charge in [0.05, 0.1) is 34.0 Å². The van der Waals surface area contributed by atoms with Gasteiger partial charge in [-0.05, 0) is 71.1 Å². The van der Waals surface area contributed by atoms with Crippen molar-refractivity contribution in [2.24, 2.45) is 4.99 Å². The van der Waals surface area contributed by atoms with E-state index in [1.54, 1.807) is 54.8 Å². The summed E-state index contributed by atoms with van der Waals surface area (Å²) in [5, 5.41) is 1.91. The largest absolute Gasteiger partial charge is 0.493 e. The lowest BCUT2D eigenvalue weighted by Crippen LogP contribution is -2.39. The number of benzene rings is 2. The average molecular weight is 644 g/mol. The summed E-state index contributed by atoms with van der Waals surface area (Å²) in [6, 6.07) is 13.1. The standard InChI is InChI=1S/C29H24BrFN2O5S2/c1-4-37-28(35)24-16(2)32-29-33(25(24)22-10-7-11-39-22)27(34)23(40-29)14-17-12-19(30)26(21(13-17)36-3)38-15-18-8-5-6-9-20(18)31/h5-14,25H,4,15H2,1-3H3/b23-14-. The van der Waals surface area contributed by atoms with Crippen molar-refractivity contribution >= 4 is 50.6 Å². The van der Waals surface area contributed by atoms with Crippen LogP contribution >= 0.6 is 38.6 Å². The molecule has 1 aliphatic rings. The van der Waals surface area contributed by atoms with Crippen LogP contribution in [0.25, 0.3) is 6.08 Å². The van der Waals surface area contributed by atoms with Crippen LogP contribution in [-0.4, -0.2) is 24.3 Å². The molecule has 3 heterocycles. The van der Waals surface area contributed by atoms with Gasteiger partial charge in [-0.2, -0.15) is 0 Å². The van der Waals surface area contributed by atoms with Gasteiger partial charge in [0.15, 0.2) is 16.3 Å². The van der Waals surface area contributed by atoms with Gasteiger partial charge in [0, 0.05) is 10.4 Å². The number of aromatic nitrogens is 1. The molecule has 1 unspecified atom stereocenters. The Balaban J connectivity index is 1.56. The third-order valence-electron chi connectivity index (χ3n) is 6.21. The average Bonchev–Trinajstić information content (AvgIpc) is 3.56. The number of nitrogens with zero attached hydrogens (tertiary/aromatic N) is 2. The van der Waals surface area contributed by atoms with Gasteiger partial charge in [0.25, 0.3) is 5.56 Å². The number of rotatable bonds is 8. The van der Waals surface area contributed by atoms with E-state index in [9.17, 15) is 14.0 Å². The summed E-state index contributed by atoms with van der Waals surface area (Å²) < 4.78 is 33.4. The number of thiophene rings is 1. The molecule has 0 saturated heterocycles. The summed E-state index contributed by atoms with van der Waals surface area (Å²) in [5.74, 6) is -0.0127. The van der Waals surface area contributed by atoms with Gasteiger partial charge >= 0.3 is 5.97 Å². The quantitative estimate of drug-likeness (QED) is 0.242. The molecule has 2 aromatic heterocycles. The molecule has 0 amide bonds. The Bertz CT molecular complexity index is 1790. The molecule has 0 saturated carbocycles. The van der Waals surface area contributed by atoms with Crippen LogP contribution in [0.4, 0.5) is 4.39 Å². The van der Waals surface area contributed by atoms with Gasteiger partial charge in [-0.25, -0.2) is 14.2 Å². The molecule has 40 heavy (non-hydrogen) atoms. The first-order valence-corrected chi connectivity index (χ1v) is 14.8. The van der Waals surface area contributed by atoms with E-state index in [2.05, 4.69) is 20.9 Å². The van der Waals surface area contributed by atoms with Crippen LogP contribution in [-0.2, 0) is 16.1 Å². The van der Waals surface area contributed by atoms with Crippen molar-refractivity contribution in [1.82, 2.24) is 4.57 Å². The Morgan fingerprint density at radius 3 is 2.73 bits per heavy atom. The fourth-order valence-electron chi connectivity index (χ4n) is 4.39. The van der Waals surface area contributed by atoms with Gasteiger partial charge in [-0.15, -0.1) is 11.3 Å². The molecule has 11 heteroatoms. The second-order valence-electron chi connectivity index (χ2n) is 8.73. The van der Waals surface area contributed by atoms with Crippen LogP contribution < -0.4 is 24.4 Å². The molecule has 1 atom stereocenters. The highest BCUT2D eigenvalue weighted by Crippen LogP contribution is 2.38. The maximum Gasteiger partial charge on any atom is 0.338 e. The molecule has 0 aliphatic carbocycles. The number of carbonyl (C=O) groups excluding carboxylic acids is 1. The summed E-state index contributed by atoms with van der Waals surface area (Å²) in [5.41, 5.74) is 1.70. The van der Waals surface area contributed by atoms with Crippen molar-refractivity contribution in [2.45, 2.75) is 26.5 Å². The number of hydrogen-bond acceptors (Lipinski definition) is 8. The minimum atomic E-state index is -0.632. The third kappa shape index (κ3) is 5.41. The van der Waals surface area contributed by atoms with E-state index in [0.29, 0.717) is 47.7 Å². The van der Waals surface area contributed by atoms with Crippen LogP contribution in [0, 0.1) is 5.82 Å². The molecule has 0 fully saturated rings. The van der Waals surface area contributed by atoms with Gasteiger partial charge in [-0.1, -0.05) is 35.6 Å². The minimum Gasteiger partial charge on any atom is -0.493 e. The van der Waals surface area contributed by atoms with Crippen LogP contribution in [0.5, 0.6) is 11.5 Å². The Morgan fingerprint density at radius 1 is 1.23 bits per heavy atom. The Morgan fingerprint density at radius 2 is 2.02 bits per heavy atom. The maximum atomic E-state index is 14.1. The fraction of sp³-hybridized carbons (Fsp3) is 0.207. The van der Waals surface area contributed by atoms with Crippen molar-refractivity contribution in [2.75, 3.05) is 13.7 Å². The predicted octanol–water partition coefficient (Wildman–Crippen LogP) is 5.35. The first kappa shape index (κ1) is 28.0. The predicted molar refractivity (Wildman–Crippen MR) is 156 cm³/mol. The molecular formula is C29H24BrFN2O5S2. The van der Waals surface area contributed by atoms with E-state index in [0.717, 1.165) is 4.88 Å². The summed E-state index contributed by atoms with van der Waals surface area (Å²) in [6.07, 6.45) is 1.74. The number of esters is 1. The first-order valence-electron chi connectivity index (χ1n) is 12.3. The van der Waals surface area contributed by atoms with E-state index in [1.165, 1.54) is 35.8 Å². The lowest BCUT2D eigenvalue weighted by Gasteiger charge is -2.23. The first-order chi connectivity index (χ1) is 19.3. The van der Waals surface area contributed by atoms with Gasteiger partial charge in [0.2, 0.25) is 0 Å². The summed E-state index contributed by atoms with van der Waals surface area (Å²) >= 11 is 6.23. The number of methoxy groups -OCH3 is 1. The molecule has 4 aromatic rings. The number of ether oxygens (including phenoxy) is 3. The maximum absolute atomic E-state index is 14.1. The lowest BCUT2D eigenvalue weighted by molar-refractivity contribution is -0.139. The molecule has 0 N–H and O–H groups in total. The van der Waals surface area contributed by atoms with E-state index in [-0.39, 0.29) is 24.6 Å². The monoisotopic (exact) mass is 642 g/mol. The zero-order valence-corrected chi connectivity index (χ0v) is 25.0. The number of allylic oxidation sites excluding steroid dienone is 1. The van der Waals surface area contributed by atoms with Crippen molar-refractivity contribution in [3.8, 4) is 11.5 Å². The molecule has 7 nitrogen and oxygen atoms in total. The molecule has 0 radical (unpaired) electrons. The SMILES string of the molecule is CCOC(=O)C1=C(C)N=c2s/c(=C\c3cc(Br)c(OCc4ccccc4F)c(OC)c3)c(=O)n2C1c1cccs1. The summed E-state index contributed by atoms with van der Waals surface area (Å²) in [4.78, 5) is 32.6. The van der Waals surface area contributed by atoms with Crippen molar-refractivity contribution in [3.63, 3.8) is 0 Å². The number of halogens is 2. The molecular weight excluding hydrogens is 619 g/mol. The van der Waals surface area contributed by atoms with Gasteiger partial charge in [0.1, 0.15) is 18.5 Å². The summed E-state index contributed by atoms with van der Waals surface area (Å²) in [7, 11) is 1.51. The van der Waals surface area contributed by atoms with Crippen LogP contribution in [0.2, 0.25) is 0 Å². The fourth-order valence-corrected chi connectivity index (χ4v) is 6.83. The number of fused-ring (bicyclic) bond motifs is 1. The molecule has 0 bridgehead atoms. The number of thiazole rings is 1. The molecule has 2 aromatic carbocycles. The lowest BCUT2D eigenvalue weighted by atomic mass is 10.0. The topological polar surface area (TPSA) is 79.1 Å². The highest BCUT2D eigenvalue weighted by molar-refractivity contribution is 9.10. The van der Waals surface area contributed by atoms with Gasteiger partial charge < -0.3 is 14.2 Å². The summed E-state index contributed by atoms with van der Waals surface area (Å²) in [6.45, 7) is 3.73. The third-order valence-corrected chi connectivity index (χ3v) is 8.71. The second kappa shape index (κ2) is 11.9. The van der Waals surface area contributed by atoms with E-state index in [4.69, 9.17) is 14.2 Å². The van der Waals surface area contributed by atoms with Crippen LogP contribution in [0.1, 0.15) is 35.9 Å². The highest BCUT2D eigenvalue weighted by atomic mass is 79.9. The minimum absolute atomic E-state index is 0.0183. The molecule has 5 rings (SSSR count). The normalized spacial score (nSPS) is 15.0. The second-order valence-corrected chi connectivity index (χ2v) is 11.6. The Labute approximate surface area is 245 Å². The highest BCUT2D eigenvalue weighted by Gasteiger charge is 2.33.